The van der Waals surface area contributed by atoms with E-state index in [2.05, 4.69) is 211 Å². The zero-order valence-electron chi connectivity index (χ0n) is 32.1. The molecular weight excluding hydrogens is 715 g/mol. The van der Waals surface area contributed by atoms with Crippen molar-refractivity contribution in [3.8, 4) is 33.4 Å². The summed E-state index contributed by atoms with van der Waals surface area (Å²) >= 11 is 0. The lowest BCUT2D eigenvalue weighted by molar-refractivity contribution is 0.669. The van der Waals surface area contributed by atoms with Crippen molar-refractivity contribution in [2.24, 2.45) is 0 Å². The summed E-state index contributed by atoms with van der Waals surface area (Å²) < 4.78 is 6.49. The maximum absolute atomic E-state index is 6.49. The molecule has 1 aromatic heterocycles. The van der Waals surface area contributed by atoms with Crippen molar-refractivity contribution in [3.63, 3.8) is 0 Å². The molecule has 0 amide bonds. The Morgan fingerprint density at radius 3 is 1.78 bits per heavy atom. The van der Waals surface area contributed by atoms with Crippen molar-refractivity contribution in [2.75, 3.05) is 4.90 Å². The van der Waals surface area contributed by atoms with Gasteiger partial charge in [0.1, 0.15) is 11.2 Å². The molecule has 1 atom stereocenters. The summed E-state index contributed by atoms with van der Waals surface area (Å²) in [5.74, 6) is 0. The average molecular weight is 750 g/mol. The van der Waals surface area contributed by atoms with Gasteiger partial charge in [-0.3, -0.25) is 0 Å². The maximum atomic E-state index is 6.49. The summed E-state index contributed by atoms with van der Waals surface area (Å²) in [7, 11) is 0. The number of hydrogen-bond acceptors (Lipinski definition) is 2. The van der Waals surface area contributed by atoms with Gasteiger partial charge in [-0.05, 0) is 120 Å². The minimum atomic E-state index is -0.622. The van der Waals surface area contributed by atoms with Crippen molar-refractivity contribution < 1.29 is 4.42 Å². The maximum Gasteiger partial charge on any atom is 0.137 e. The Balaban J connectivity index is 1.16. The molecule has 1 spiro atoms. The molecule has 2 aliphatic carbocycles. The predicted molar refractivity (Wildman–Crippen MR) is 245 cm³/mol. The van der Waals surface area contributed by atoms with Crippen LogP contribution in [0.15, 0.2) is 217 Å². The van der Waals surface area contributed by atoms with Gasteiger partial charge < -0.3 is 9.32 Å². The van der Waals surface area contributed by atoms with E-state index in [0.717, 1.165) is 39.0 Å². The standard InChI is InChI=1S/C57H35NO/c1-3-14-36(15-4-1)41-32-33-48-43-30-28-39(58(38-18-5-2-6-19-38)40-29-31-45-44-21-8-10-27-53(44)59-54(45)35-40)34-52(43)57(51-26-13-23-46(41)56(48)51)49-24-9-7-20-42(49)47-22-11-16-37-17-12-25-50(57)55(37)47/h1-35H. The first-order valence-electron chi connectivity index (χ1n) is 20.4. The van der Waals surface area contributed by atoms with Crippen LogP contribution in [-0.2, 0) is 5.41 Å². The lowest BCUT2D eigenvalue weighted by Gasteiger charge is -2.46. The fraction of sp³-hybridized carbons (Fsp3) is 0.0175. The van der Waals surface area contributed by atoms with Crippen molar-refractivity contribution in [1.82, 2.24) is 0 Å². The first-order chi connectivity index (χ1) is 29.3. The summed E-state index contributed by atoms with van der Waals surface area (Å²) in [4.78, 5) is 2.39. The molecule has 11 aromatic rings. The van der Waals surface area contributed by atoms with Gasteiger partial charge in [-0.1, -0.05) is 164 Å². The molecular formula is C57H35NO. The highest BCUT2D eigenvalue weighted by Crippen LogP contribution is 2.62. The number of nitrogens with zero attached hydrogens (tertiary/aromatic N) is 1. The molecule has 0 saturated heterocycles. The van der Waals surface area contributed by atoms with Crippen LogP contribution in [0.3, 0.4) is 0 Å². The molecule has 2 heteroatoms. The van der Waals surface area contributed by atoms with Crippen LogP contribution in [0.4, 0.5) is 17.1 Å². The minimum Gasteiger partial charge on any atom is -0.456 e. The van der Waals surface area contributed by atoms with Gasteiger partial charge in [0.25, 0.3) is 0 Å². The van der Waals surface area contributed by atoms with E-state index in [9.17, 15) is 0 Å². The van der Waals surface area contributed by atoms with Gasteiger partial charge in [-0.25, -0.2) is 0 Å². The molecule has 2 aliphatic rings. The number of fused-ring (bicyclic) bond motifs is 11. The van der Waals surface area contributed by atoms with E-state index in [-0.39, 0.29) is 0 Å². The molecule has 13 rings (SSSR count). The van der Waals surface area contributed by atoms with Gasteiger partial charge in [0.05, 0.1) is 5.41 Å². The van der Waals surface area contributed by atoms with Crippen LogP contribution >= 0.6 is 0 Å². The number of furan rings is 1. The number of benzene rings is 10. The topological polar surface area (TPSA) is 16.4 Å². The second-order valence-electron chi connectivity index (χ2n) is 15.9. The third kappa shape index (κ3) is 4.40. The van der Waals surface area contributed by atoms with Gasteiger partial charge >= 0.3 is 0 Å². The third-order valence-corrected chi connectivity index (χ3v) is 13.0. The van der Waals surface area contributed by atoms with Gasteiger partial charge in [0.2, 0.25) is 0 Å². The van der Waals surface area contributed by atoms with E-state index in [1.165, 1.54) is 77.2 Å². The van der Waals surface area contributed by atoms with Gasteiger partial charge in [-0.2, -0.15) is 0 Å². The van der Waals surface area contributed by atoms with Crippen LogP contribution in [0, 0.1) is 0 Å². The molecule has 0 N–H and O–H groups in total. The average Bonchev–Trinajstić information content (AvgIpc) is 3.68. The summed E-state index contributed by atoms with van der Waals surface area (Å²) in [6.45, 7) is 0. The summed E-state index contributed by atoms with van der Waals surface area (Å²) in [5, 5.41) is 7.41. The van der Waals surface area contributed by atoms with Crippen LogP contribution in [-0.4, -0.2) is 0 Å². The number of rotatable bonds is 4. The molecule has 1 heterocycles. The summed E-state index contributed by atoms with van der Waals surface area (Å²) in [5.41, 5.74) is 17.2. The monoisotopic (exact) mass is 749 g/mol. The van der Waals surface area contributed by atoms with Crippen LogP contribution in [0.2, 0.25) is 0 Å². The van der Waals surface area contributed by atoms with Gasteiger partial charge in [0.15, 0.2) is 0 Å². The van der Waals surface area contributed by atoms with Gasteiger partial charge in [-0.15, -0.1) is 0 Å². The lowest BCUT2D eigenvalue weighted by atomic mass is 9.55. The van der Waals surface area contributed by atoms with Crippen molar-refractivity contribution in [3.05, 3.63) is 235 Å². The first kappa shape index (κ1) is 32.4. The smallest absolute Gasteiger partial charge is 0.137 e. The Kier molecular flexibility index (Phi) is 6.68. The highest BCUT2D eigenvalue weighted by atomic mass is 16.3. The molecule has 274 valence electrons. The Hall–Kier alpha value is -7.68. The number of hydrogen-bond donors (Lipinski definition) is 0. The van der Waals surface area contributed by atoms with Crippen molar-refractivity contribution in [1.29, 1.82) is 0 Å². The fourth-order valence-corrected chi connectivity index (χ4v) is 10.7. The Morgan fingerprint density at radius 1 is 0.322 bits per heavy atom. The SMILES string of the molecule is c1ccc(-c2ccc3c4c(cccc24)C2(c4ccccc4-c4cccc5cccc2c45)c2cc(N(c4ccccc4)c4ccc5c(c4)oc4ccccc45)ccc2-3)cc1. The molecule has 0 bridgehead atoms. The van der Waals surface area contributed by atoms with E-state index in [4.69, 9.17) is 4.42 Å². The molecule has 0 fully saturated rings. The highest BCUT2D eigenvalue weighted by Gasteiger charge is 2.49. The van der Waals surface area contributed by atoms with E-state index in [1.807, 2.05) is 6.07 Å². The fourth-order valence-electron chi connectivity index (χ4n) is 10.7. The van der Waals surface area contributed by atoms with Crippen molar-refractivity contribution in [2.45, 2.75) is 5.41 Å². The highest BCUT2D eigenvalue weighted by molar-refractivity contribution is 6.14. The Labute approximate surface area is 341 Å². The molecule has 0 radical (unpaired) electrons. The first-order valence-corrected chi connectivity index (χ1v) is 20.4. The largest absolute Gasteiger partial charge is 0.456 e. The number of anilines is 3. The zero-order chi connectivity index (χ0) is 38.7. The predicted octanol–water partition coefficient (Wildman–Crippen LogP) is 15.4. The molecule has 1 unspecified atom stereocenters. The third-order valence-electron chi connectivity index (χ3n) is 13.0. The van der Waals surface area contributed by atoms with Crippen LogP contribution in [0.25, 0.3) is 76.9 Å². The second kappa shape index (κ2) is 12.2. The van der Waals surface area contributed by atoms with E-state index in [1.54, 1.807) is 0 Å². The normalized spacial score (nSPS) is 14.8. The minimum absolute atomic E-state index is 0.622. The van der Waals surface area contributed by atoms with E-state index in [0.29, 0.717) is 0 Å². The summed E-state index contributed by atoms with van der Waals surface area (Å²) in [6, 6.07) is 78.3. The number of para-hydroxylation sites is 2. The van der Waals surface area contributed by atoms with E-state index >= 15 is 0 Å². The molecule has 2 nitrogen and oxygen atoms in total. The molecule has 10 aromatic carbocycles. The Morgan fingerprint density at radius 2 is 0.898 bits per heavy atom. The summed E-state index contributed by atoms with van der Waals surface area (Å²) in [6.07, 6.45) is 0. The van der Waals surface area contributed by atoms with Gasteiger partial charge in [0, 0.05) is 33.9 Å². The van der Waals surface area contributed by atoms with Crippen LogP contribution < -0.4 is 4.90 Å². The zero-order valence-corrected chi connectivity index (χ0v) is 32.1. The molecule has 59 heavy (non-hydrogen) atoms. The van der Waals surface area contributed by atoms with E-state index < -0.39 is 5.41 Å². The van der Waals surface area contributed by atoms with Crippen LogP contribution in [0.5, 0.6) is 0 Å². The molecule has 0 saturated carbocycles. The molecule has 0 aliphatic heterocycles. The van der Waals surface area contributed by atoms with Crippen LogP contribution in [0.1, 0.15) is 22.3 Å². The quantitative estimate of drug-likeness (QED) is 0.178. The second-order valence-corrected chi connectivity index (χ2v) is 15.9. The van der Waals surface area contributed by atoms with Crippen molar-refractivity contribution >= 4 is 60.5 Å². The lowest BCUT2D eigenvalue weighted by Crippen LogP contribution is -2.36. The Bertz CT molecular complexity index is 3500.